The highest BCUT2D eigenvalue weighted by Gasteiger charge is 2.35. The average molecular weight is 513 g/mol. The number of aromatic nitrogens is 4. The molecule has 2 aliphatic heterocycles. The molecular weight excluding hydrogens is 487 g/mol. The van der Waals surface area contributed by atoms with E-state index in [1.807, 2.05) is 31.2 Å². The summed E-state index contributed by atoms with van der Waals surface area (Å²) >= 11 is 0. The Bertz CT molecular complexity index is 1600. The van der Waals surface area contributed by atoms with Crippen molar-refractivity contribution in [1.82, 2.24) is 29.5 Å². The molecule has 4 aromatic rings. The van der Waals surface area contributed by atoms with E-state index in [1.165, 1.54) is 17.3 Å². The van der Waals surface area contributed by atoms with Gasteiger partial charge in [-0.15, -0.1) is 6.42 Å². The molecule has 0 N–H and O–H groups in total. The van der Waals surface area contributed by atoms with Crippen LogP contribution in [0.3, 0.4) is 0 Å². The molecule has 6 rings (SSSR count). The topological polar surface area (TPSA) is 85.6 Å². The van der Waals surface area contributed by atoms with Gasteiger partial charge in [0.15, 0.2) is 11.6 Å². The van der Waals surface area contributed by atoms with Crippen LogP contribution in [0.4, 0.5) is 9.18 Å². The van der Waals surface area contributed by atoms with Gasteiger partial charge in [-0.1, -0.05) is 18.1 Å². The first-order chi connectivity index (χ1) is 18.5. The minimum atomic E-state index is -0.507. The number of terminal acetylenes is 1. The fourth-order valence-corrected chi connectivity index (χ4v) is 5.42. The minimum Gasteiger partial charge on any atom is -0.488 e. The number of fused-ring (bicyclic) bond motifs is 3. The molecule has 2 aromatic carbocycles. The van der Waals surface area contributed by atoms with Crippen LogP contribution < -0.4 is 9.47 Å². The van der Waals surface area contributed by atoms with Crippen molar-refractivity contribution < 1.29 is 18.7 Å². The lowest BCUT2D eigenvalue weighted by atomic mass is 9.89. The van der Waals surface area contributed by atoms with Gasteiger partial charge in [-0.25, -0.2) is 19.2 Å². The first-order valence-corrected chi connectivity index (χ1v) is 12.3. The number of halogens is 1. The number of hydrogen-bond donors (Lipinski definition) is 0. The molecule has 1 saturated heterocycles. The highest BCUT2D eigenvalue weighted by atomic mass is 19.1. The van der Waals surface area contributed by atoms with E-state index in [0.29, 0.717) is 59.7 Å². The fourth-order valence-electron chi connectivity index (χ4n) is 5.42. The summed E-state index contributed by atoms with van der Waals surface area (Å²) in [4.78, 5) is 24.9. The quantitative estimate of drug-likeness (QED) is 0.380. The molecule has 0 unspecified atom stereocenters. The Morgan fingerprint density at radius 1 is 1.26 bits per heavy atom. The van der Waals surface area contributed by atoms with Gasteiger partial charge in [0.05, 0.1) is 18.5 Å². The van der Waals surface area contributed by atoms with Gasteiger partial charge >= 0.3 is 6.03 Å². The normalized spacial score (nSPS) is 17.2. The predicted octanol–water partition coefficient (Wildman–Crippen LogP) is 3.48. The van der Waals surface area contributed by atoms with Crippen molar-refractivity contribution in [2.24, 2.45) is 0 Å². The van der Waals surface area contributed by atoms with Crippen LogP contribution in [0.2, 0.25) is 0 Å². The molecule has 1 amide bonds. The molecule has 9 nitrogen and oxygen atoms in total. The lowest BCUT2D eigenvalue weighted by molar-refractivity contribution is 0.0645. The maximum Gasteiger partial charge on any atom is 0.346 e. The van der Waals surface area contributed by atoms with Crippen molar-refractivity contribution in [1.29, 1.82) is 0 Å². The maximum atomic E-state index is 16.5. The summed E-state index contributed by atoms with van der Waals surface area (Å²) in [6.07, 6.45) is 10.3. The van der Waals surface area contributed by atoms with E-state index in [-0.39, 0.29) is 24.4 Å². The van der Waals surface area contributed by atoms with E-state index < -0.39 is 5.82 Å². The number of benzene rings is 2. The van der Waals surface area contributed by atoms with Gasteiger partial charge in [-0.05, 0) is 30.0 Å². The Kier molecular flexibility index (Phi) is 5.93. The molecular formula is C28H25FN6O3. The van der Waals surface area contributed by atoms with Crippen LogP contribution in [0.5, 0.6) is 11.6 Å². The molecule has 0 aliphatic carbocycles. The van der Waals surface area contributed by atoms with Crippen LogP contribution in [0, 0.1) is 25.1 Å². The predicted molar refractivity (Wildman–Crippen MR) is 138 cm³/mol. The Morgan fingerprint density at radius 3 is 2.89 bits per heavy atom. The largest absolute Gasteiger partial charge is 0.488 e. The van der Waals surface area contributed by atoms with Gasteiger partial charge in [0.2, 0.25) is 5.88 Å². The summed E-state index contributed by atoms with van der Waals surface area (Å²) in [5.41, 5.74) is 2.89. The summed E-state index contributed by atoms with van der Waals surface area (Å²) in [5.74, 6) is 2.77. The average Bonchev–Trinajstić information content (AvgIpc) is 3.41. The van der Waals surface area contributed by atoms with E-state index in [2.05, 4.69) is 25.9 Å². The molecule has 0 bridgehead atoms. The third-order valence-corrected chi connectivity index (χ3v) is 7.29. The van der Waals surface area contributed by atoms with Crippen LogP contribution >= 0.6 is 0 Å². The number of rotatable bonds is 2. The molecule has 1 atom stereocenters. The van der Waals surface area contributed by atoms with E-state index in [0.717, 1.165) is 10.9 Å². The van der Waals surface area contributed by atoms with Crippen molar-refractivity contribution >= 4 is 16.8 Å². The second-order valence-corrected chi connectivity index (χ2v) is 9.43. The highest BCUT2D eigenvalue weighted by Crippen LogP contribution is 2.43. The van der Waals surface area contributed by atoms with Crippen LogP contribution in [-0.4, -0.2) is 75.0 Å². The molecule has 0 radical (unpaired) electrons. The second kappa shape index (κ2) is 9.43. The Morgan fingerprint density at radius 2 is 2.13 bits per heavy atom. The van der Waals surface area contributed by atoms with Crippen molar-refractivity contribution in [3.05, 3.63) is 65.6 Å². The van der Waals surface area contributed by atoms with Crippen LogP contribution in [0.1, 0.15) is 16.7 Å². The zero-order valence-corrected chi connectivity index (χ0v) is 21.0. The summed E-state index contributed by atoms with van der Waals surface area (Å²) in [6.45, 7) is 4.13. The SMILES string of the molecule is C#Cc1cc2c(c(F)c1-c1c(C)ccc3ccnc(OC)c13)OC[C@H]1CN(C(=O)n3cncn3)CCN1C2. The lowest BCUT2D eigenvalue weighted by Gasteiger charge is -2.39. The van der Waals surface area contributed by atoms with Crippen molar-refractivity contribution in [2.75, 3.05) is 33.4 Å². The molecule has 0 spiro atoms. The van der Waals surface area contributed by atoms with Crippen LogP contribution in [0.15, 0.2) is 43.1 Å². The van der Waals surface area contributed by atoms with Gasteiger partial charge in [-0.2, -0.15) is 9.78 Å². The second-order valence-electron chi connectivity index (χ2n) is 9.43. The summed E-state index contributed by atoms with van der Waals surface area (Å²) in [7, 11) is 1.54. The Hall–Kier alpha value is -4.49. The molecule has 192 valence electrons. The number of piperazine rings is 1. The van der Waals surface area contributed by atoms with Gasteiger partial charge in [0, 0.05) is 54.6 Å². The highest BCUT2D eigenvalue weighted by molar-refractivity contribution is 6.03. The molecule has 10 heteroatoms. The van der Waals surface area contributed by atoms with Crippen LogP contribution in [0.25, 0.3) is 21.9 Å². The smallest absolute Gasteiger partial charge is 0.346 e. The fraction of sp³-hybridized carbons (Fsp3) is 0.286. The first-order valence-electron chi connectivity index (χ1n) is 12.3. The van der Waals surface area contributed by atoms with E-state index in [4.69, 9.17) is 15.9 Å². The molecule has 0 saturated carbocycles. The van der Waals surface area contributed by atoms with Gasteiger partial charge in [0.1, 0.15) is 19.3 Å². The van der Waals surface area contributed by atoms with Crippen molar-refractivity contribution in [2.45, 2.75) is 19.5 Å². The van der Waals surface area contributed by atoms with Crippen molar-refractivity contribution in [3.8, 4) is 35.1 Å². The monoisotopic (exact) mass is 512 g/mol. The standard InChI is InChI=1S/C28H25FN6O3/c1-4-18-11-20-12-33-9-10-34(28(36)35-16-30-15-32-35)13-21(33)14-38-26(20)25(29)23(18)22-17(2)5-6-19-7-8-31-27(37-3)24(19)22/h1,5-8,11,15-16,21H,9-10,12-14H2,2-3H3/t21-/m1/s1. The number of carbonyl (C=O) groups excluding carboxylic acids is 1. The molecule has 2 aromatic heterocycles. The van der Waals surface area contributed by atoms with Gasteiger partial charge in [-0.3, -0.25) is 4.90 Å². The number of carbonyl (C=O) groups is 1. The third-order valence-electron chi connectivity index (χ3n) is 7.29. The number of hydrogen-bond acceptors (Lipinski definition) is 7. The summed E-state index contributed by atoms with van der Waals surface area (Å²) in [5, 5.41) is 5.50. The molecule has 1 fully saturated rings. The van der Waals surface area contributed by atoms with Crippen LogP contribution in [-0.2, 0) is 6.54 Å². The molecule has 4 heterocycles. The lowest BCUT2D eigenvalue weighted by Crippen LogP contribution is -2.56. The molecule has 2 aliphatic rings. The number of ether oxygens (including phenoxy) is 2. The van der Waals surface area contributed by atoms with Gasteiger partial charge < -0.3 is 14.4 Å². The zero-order chi connectivity index (χ0) is 26.4. The summed E-state index contributed by atoms with van der Waals surface area (Å²) in [6, 6.07) is 7.22. The summed E-state index contributed by atoms with van der Waals surface area (Å²) < 4.78 is 29.4. The number of amides is 1. The Balaban J connectivity index is 1.41. The first kappa shape index (κ1) is 23.9. The molecule has 38 heavy (non-hydrogen) atoms. The number of pyridine rings is 1. The van der Waals surface area contributed by atoms with E-state index in [1.54, 1.807) is 18.2 Å². The zero-order valence-electron chi connectivity index (χ0n) is 21.0. The van der Waals surface area contributed by atoms with E-state index in [9.17, 15) is 4.79 Å². The third kappa shape index (κ3) is 3.83. The van der Waals surface area contributed by atoms with Gasteiger partial charge in [0.25, 0.3) is 0 Å². The number of nitrogens with zero attached hydrogens (tertiary/aromatic N) is 6. The van der Waals surface area contributed by atoms with E-state index >= 15 is 4.39 Å². The number of aryl methyl sites for hydroxylation is 1. The number of methoxy groups -OCH3 is 1. The maximum absolute atomic E-state index is 16.5. The Labute approximate surface area is 218 Å². The van der Waals surface area contributed by atoms with Crippen molar-refractivity contribution in [3.63, 3.8) is 0 Å². The minimum absolute atomic E-state index is 0.121.